The Bertz CT molecular complexity index is 1010. The first-order valence-corrected chi connectivity index (χ1v) is 12.5. The minimum absolute atomic E-state index is 0.328. The maximum Gasteiger partial charge on any atom is 0.244 e. The second-order valence-electron chi connectivity index (χ2n) is 7.44. The van der Waals surface area contributed by atoms with Crippen molar-refractivity contribution in [2.45, 2.75) is 59.5 Å². The van der Waals surface area contributed by atoms with Crippen LogP contribution in [0.1, 0.15) is 49.4 Å². The van der Waals surface area contributed by atoms with Crippen molar-refractivity contribution in [3.8, 4) is 0 Å². The number of carbonyl (C=O) groups is 1. The molecule has 1 atom stereocenters. The fourth-order valence-electron chi connectivity index (χ4n) is 3.56. The molecule has 0 saturated heterocycles. The van der Waals surface area contributed by atoms with Gasteiger partial charge in [0, 0.05) is 11.6 Å². The highest BCUT2D eigenvalue weighted by Gasteiger charge is 2.32. The van der Waals surface area contributed by atoms with Crippen molar-refractivity contribution in [3.63, 3.8) is 0 Å². The molecule has 2 aromatic rings. The van der Waals surface area contributed by atoms with E-state index in [0.717, 1.165) is 30.2 Å². The molecule has 0 fully saturated rings. The van der Waals surface area contributed by atoms with Gasteiger partial charge in [-0.25, -0.2) is 8.42 Å². The molecular weight excluding hydrogens is 420 g/mol. The van der Waals surface area contributed by atoms with Crippen LogP contribution in [0.25, 0.3) is 0 Å². The maximum atomic E-state index is 13.1. The lowest BCUT2D eigenvalue weighted by molar-refractivity contribution is -0.122. The van der Waals surface area contributed by atoms with Gasteiger partial charge in [-0.15, -0.1) is 0 Å². The number of sulfonamides is 1. The standard InChI is InChI=1S/C23H31ClN2O3S/c1-6-17-10-11-18(7-2)19(13-17)15-25-23(27)21(8-3)26(30(5,28)29)22-14-20(24)12-9-16(22)4/h9-14,21H,6-8,15H2,1-5H3,(H,25,27). The molecule has 164 valence electrons. The van der Waals surface area contributed by atoms with Crippen LogP contribution in [-0.4, -0.2) is 26.6 Å². The topological polar surface area (TPSA) is 66.5 Å². The summed E-state index contributed by atoms with van der Waals surface area (Å²) in [7, 11) is -3.71. The first-order valence-electron chi connectivity index (χ1n) is 10.3. The summed E-state index contributed by atoms with van der Waals surface area (Å²) in [5, 5.41) is 3.37. The van der Waals surface area contributed by atoms with Gasteiger partial charge in [0.1, 0.15) is 6.04 Å². The minimum Gasteiger partial charge on any atom is -0.350 e. The summed E-state index contributed by atoms with van der Waals surface area (Å²) in [4.78, 5) is 13.1. The van der Waals surface area contributed by atoms with Crippen molar-refractivity contribution in [2.75, 3.05) is 10.6 Å². The van der Waals surface area contributed by atoms with Gasteiger partial charge in [-0.05, 0) is 60.6 Å². The molecule has 0 spiro atoms. The Hall–Kier alpha value is -2.05. The normalized spacial score (nSPS) is 12.5. The third-order valence-corrected chi connectivity index (χ3v) is 6.65. The summed E-state index contributed by atoms with van der Waals surface area (Å²) in [6, 6.07) is 10.5. The zero-order chi connectivity index (χ0) is 22.5. The Balaban J connectivity index is 2.34. The van der Waals surface area contributed by atoms with Crippen LogP contribution in [0.4, 0.5) is 5.69 Å². The van der Waals surface area contributed by atoms with Gasteiger partial charge in [0.2, 0.25) is 15.9 Å². The molecule has 1 unspecified atom stereocenters. The SMILES string of the molecule is CCc1ccc(CC)c(CNC(=O)C(CC)N(c2cc(Cl)ccc2C)S(C)(=O)=O)c1. The maximum absolute atomic E-state index is 13.1. The van der Waals surface area contributed by atoms with E-state index in [2.05, 4.69) is 37.4 Å². The van der Waals surface area contributed by atoms with E-state index in [1.807, 2.05) is 0 Å². The van der Waals surface area contributed by atoms with Crippen molar-refractivity contribution in [1.29, 1.82) is 0 Å². The molecule has 30 heavy (non-hydrogen) atoms. The number of carbonyl (C=O) groups excluding carboxylic acids is 1. The number of amides is 1. The highest BCUT2D eigenvalue weighted by Crippen LogP contribution is 2.29. The molecule has 0 bridgehead atoms. The fraction of sp³-hybridized carbons (Fsp3) is 0.435. The highest BCUT2D eigenvalue weighted by molar-refractivity contribution is 7.92. The predicted octanol–water partition coefficient (Wildman–Crippen LogP) is 4.63. The molecule has 7 heteroatoms. The van der Waals surface area contributed by atoms with E-state index in [4.69, 9.17) is 11.6 Å². The summed E-state index contributed by atoms with van der Waals surface area (Å²) < 4.78 is 26.5. The smallest absolute Gasteiger partial charge is 0.244 e. The van der Waals surface area contributed by atoms with E-state index in [9.17, 15) is 13.2 Å². The van der Waals surface area contributed by atoms with E-state index in [0.29, 0.717) is 23.7 Å². The van der Waals surface area contributed by atoms with Gasteiger partial charge in [0.25, 0.3) is 0 Å². The largest absolute Gasteiger partial charge is 0.350 e. The van der Waals surface area contributed by atoms with E-state index in [-0.39, 0.29) is 5.91 Å². The molecule has 0 aromatic heterocycles. The van der Waals surface area contributed by atoms with Crippen molar-refractivity contribution >= 4 is 33.2 Å². The minimum atomic E-state index is -3.71. The van der Waals surface area contributed by atoms with Crippen LogP contribution in [0.2, 0.25) is 5.02 Å². The molecule has 0 aliphatic carbocycles. The lowest BCUT2D eigenvalue weighted by Crippen LogP contribution is -2.49. The molecular formula is C23H31ClN2O3S. The van der Waals surface area contributed by atoms with Crippen LogP contribution >= 0.6 is 11.6 Å². The number of aryl methyl sites for hydroxylation is 3. The number of halogens is 1. The van der Waals surface area contributed by atoms with E-state index in [1.54, 1.807) is 32.0 Å². The predicted molar refractivity (Wildman–Crippen MR) is 125 cm³/mol. The van der Waals surface area contributed by atoms with Crippen LogP contribution in [0, 0.1) is 6.92 Å². The fourth-order valence-corrected chi connectivity index (χ4v) is 4.99. The number of anilines is 1. The van der Waals surface area contributed by atoms with Gasteiger partial charge in [-0.1, -0.05) is 56.6 Å². The molecule has 5 nitrogen and oxygen atoms in total. The molecule has 0 aliphatic heterocycles. The Morgan fingerprint density at radius 3 is 2.33 bits per heavy atom. The molecule has 1 N–H and O–H groups in total. The van der Waals surface area contributed by atoms with Gasteiger partial charge in [0.05, 0.1) is 11.9 Å². The number of hydrogen-bond acceptors (Lipinski definition) is 3. The number of hydrogen-bond donors (Lipinski definition) is 1. The average molecular weight is 451 g/mol. The molecule has 0 heterocycles. The number of nitrogens with one attached hydrogen (secondary N) is 1. The summed E-state index contributed by atoms with van der Waals surface area (Å²) in [6.07, 6.45) is 3.23. The Kier molecular flexibility index (Phi) is 8.33. The van der Waals surface area contributed by atoms with Crippen LogP contribution in [-0.2, 0) is 34.2 Å². The summed E-state index contributed by atoms with van der Waals surface area (Å²) in [5.41, 5.74) is 4.60. The summed E-state index contributed by atoms with van der Waals surface area (Å²) in [6.45, 7) is 8.14. The van der Waals surface area contributed by atoms with Crippen molar-refractivity contribution in [1.82, 2.24) is 5.32 Å². The lowest BCUT2D eigenvalue weighted by Gasteiger charge is -2.31. The van der Waals surface area contributed by atoms with Crippen molar-refractivity contribution < 1.29 is 13.2 Å². The number of nitrogens with zero attached hydrogens (tertiary/aromatic N) is 1. The third kappa shape index (κ3) is 5.76. The summed E-state index contributed by atoms with van der Waals surface area (Å²) >= 11 is 6.12. The summed E-state index contributed by atoms with van der Waals surface area (Å²) in [5.74, 6) is -0.328. The van der Waals surface area contributed by atoms with Crippen LogP contribution in [0.3, 0.4) is 0 Å². The Labute approximate surface area is 185 Å². The van der Waals surface area contributed by atoms with Crippen LogP contribution < -0.4 is 9.62 Å². The lowest BCUT2D eigenvalue weighted by atomic mass is 10.0. The third-order valence-electron chi connectivity index (χ3n) is 5.25. The first kappa shape index (κ1) is 24.2. The monoisotopic (exact) mass is 450 g/mol. The van der Waals surface area contributed by atoms with Gasteiger partial charge in [-0.3, -0.25) is 9.10 Å². The molecule has 2 rings (SSSR count). The average Bonchev–Trinajstić information content (AvgIpc) is 2.70. The van der Waals surface area contributed by atoms with Crippen molar-refractivity contribution in [2.24, 2.45) is 0 Å². The second-order valence-corrected chi connectivity index (χ2v) is 9.74. The van der Waals surface area contributed by atoms with Gasteiger partial charge in [-0.2, -0.15) is 0 Å². The molecule has 0 aliphatic rings. The number of rotatable bonds is 9. The van der Waals surface area contributed by atoms with Gasteiger partial charge >= 0.3 is 0 Å². The number of benzene rings is 2. The van der Waals surface area contributed by atoms with E-state index >= 15 is 0 Å². The molecule has 0 radical (unpaired) electrons. The highest BCUT2D eigenvalue weighted by atomic mass is 35.5. The quantitative estimate of drug-likeness (QED) is 0.605. The van der Waals surface area contributed by atoms with Crippen molar-refractivity contribution in [3.05, 3.63) is 63.7 Å². The molecule has 2 aromatic carbocycles. The Morgan fingerprint density at radius 2 is 1.77 bits per heavy atom. The zero-order valence-electron chi connectivity index (χ0n) is 18.3. The van der Waals surface area contributed by atoms with E-state index in [1.165, 1.54) is 15.4 Å². The van der Waals surface area contributed by atoms with E-state index < -0.39 is 16.1 Å². The molecule has 1 amide bonds. The zero-order valence-corrected chi connectivity index (χ0v) is 19.9. The first-order chi connectivity index (χ1) is 14.1. The molecule has 0 saturated carbocycles. The Morgan fingerprint density at radius 1 is 1.07 bits per heavy atom. The van der Waals surface area contributed by atoms with Gasteiger partial charge < -0.3 is 5.32 Å². The van der Waals surface area contributed by atoms with Crippen LogP contribution in [0.5, 0.6) is 0 Å². The second kappa shape index (κ2) is 10.3. The van der Waals surface area contributed by atoms with Gasteiger partial charge in [0.15, 0.2) is 0 Å². The van der Waals surface area contributed by atoms with Crippen LogP contribution in [0.15, 0.2) is 36.4 Å².